The molecule has 0 N–H and O–H groups in total. The van der Waals surface area contributed by atoms with Crippen molar-refractivity contribution in [3.05, 3.63) is 29.8 Å². The van der Waals surface area contributed by atoms with Crippen molar-refractivity contribution < 1.29 is 14.3 Å². The molecule has 0 bridgehead atoms. The van der Waals surface area contributed by atoms with Crippen LogP contribution >= 0.6 is 0 Å². The minimum atomic E-state index is -0.360. The molecule has 0 radical (unpaired) electrons. The van der Waals surface area contributed by atoms with Crippen molar-refractivity contribution in [1.29, 1.82) is 0 Å². The van der Waals surface area contributed by atoms with Gasteiger partial charge < -0.3 is 9.47 Å². The van der Waals surface area contributed by atoms with Gasteiger partial charge in [-0.05, 0) is 24.3 Å². The van der Waals surface area contributed by atoms with Crippen LogP contribution in [0.15, 0.2) is 29.3 Å². The molecule has 4 nitrogen and oxygen atoms in total. The average molecular weight is 193 g/mol. The summed E-state index contributed by atoms with van der Waals surface area (Å²) in [4.78, 5) is 14.7. The lowest BCUT2D eigenvalue weighted by Crippen LogP contribution is -2.00. The maximum absolute atomic E-state index is 11.0. The third-order valence-electron chi connectivity index (χ3n) is 1.57. The van der Waals surface area contributed by atoms with Crippen molar-refractivity contribution in [3.63, 3.8) is 0 Å². The second kappa shape index (κ2) is 5.01. The highest BCUT2D eigenvalue weighted by atomic mass is 16.5. The number of nitrogens with zero attached hydrogens (tertiary/aromatic N) is 1. The number of aliphatic imine (C=N–C) groups is 1. The smallest absolute Gasteiger partial charge is 0.337 e. The molecule has 0 aliphatic heterocycles. The van der Waals surface area contributed by atoms with Gasteiger partial charge in [-0.15, -0.1) is 0 Å². The molecule has 1 aromatic rings. The fraction of sp³-hybridized carbons (Fsp3) is 0.200. The van der Waals surface area contributed by atoms with Gasteiger partial charge in [-0.25, -0.2) is 4.79 Å². The van der Waals surface area contributed by atoms with Crippen LogP contribution in [-0.2, 0) is 4.74 Å². The van der Waals surface area contributed by atoms with Crippen LogP contribution in [0.25, 0.3) is 0 Å². The number of ether oxygens (including phenoxy) is 2. The highest BCUT2D eigenvalue weighted by Gasteiger charge is 2.03. The maximum Gasteiger partial charge on any atom is 0.337 e. The third-order valence-corrected chi connectivity index (χ3v) is 1.57. The van der Waals surface area contributed by atoms with E-state index in [4.69, 9.17) is 4.74 Å². The van der Waals surface area contributed by atoms with Crippen molar-refractivity contribution in [2.24, 2.45) is 4.99 Å². The fourth-order valence-electron chi connectivity index (χ4n) is 0.901. The largest absolute Gasteiger partial charge is 0.465 e. The van der Waals surface area contributed by atoms with Crippen LogP contribution < -0.4 is 4.74 Å². The number of hydrogen-bond donors (Lipinski definition) is 0. The van der Waals surface area contributed by atoms with E-state index in [1.165, 1.54) is 13.5 Å². The molecular formula is C10H11NO3. The Hall–Kier alpha value is -1.84. The van der Waals surface area contributed by atoms with E-state index < -0.39 is 0 Å². The Morgan fingerprint density at radius 3 is 2.50 bits per heavy atom. The first-order chi connectivity index (χ1) is 6.77. The first kappa shape index (κ1) is 10.2. The number of esters is 1. The van der Waals surface area contributed by atoms with Crippen LogP contribution in [0.2, 0.25) is 0 Å². The number of rotatable bonds is 3. The third kappa shape index (κ3) is 2.58. The van der Waals surface area contributed by atoms with Crippen LogP contribution in [0, 0.1) is 0 Å². The number of hydrogen-bond acceptors (Lipinski definition) is 4. The highest BCUT2D eigenvalue weighted by Crippen LogP contribution is 2.11. The summed E-state index contributed by atoms with van der Waals surface area (Å²) in [6.07, 6.45) is 1.33. The van der Waals surface area contributed by atoms with Gasteiger partial charge in [0.25, 0.3) is 0 Å². The van der Waals surface area contributed by atoms with Gasteiger partial charge >= 0.3 is 5.97 Å². The van der Waals surface area contributed by atoms with E-state index >= 15 is 0 Å². The number of methoxy groups -OCH3 is 1. The van der Waals surface area contributed by atoms with Crippen LogP contribution in [0.1, 0.15) is 10.4 Å². The van der Waals surface area contributed by atoms with E-state index in [2.05, 4.69) is 9.73 Å². The molecule has 0 fully saturated rings. The van der Waals surface area contributed by atoms with E-state index in [1.807, 2.05) is 0 Å². The summed E-state index contributed by atoms with van der Waals surface area (Å²) < 4.78 is 9.63. The Bertz CT molecular complexity index is 330. The molecule has 0 saturated heterocycles. The van der Waals surface area contributed by atoms with Crippen molar-refractivity contribution in [3.8, 4) is 5.75 Å². The van der Waals surface area contributed by atoms with Gasteiger partial charge in [0.15, 0.2) is 6.40 Å². The molecule has 1 rings (SSSR count). The predicted molar refractivity (Wildman–Crippen MR) is 52.8 cm³/mol. The molecule has 0 amide bonds. The minimum Gasteiger partial charge on any atom is -0.465 e. The van der Waals surface area contributed by atoms with Gasteiger partial charge in [0.1, 0.15) is 5.75 Å². The normalized spacial score (nSPS) is 10.1. The van der Waals surface area contributed by atoms with Crippen LogP contribution in [0.4, 0.5) is 0 Å². The molecule has 0 spiro atoms. The molecule has 1 aromatic carbocycles. The van der Waals surface area contributed by atoms with Gasteiger partial charge in [-0.1, -0.05) is 0 Å². The summed E-state index contributed by atoms with van der Waals surface area (Å²) >= 11 is 0. The number of benzene rings is 1. The Morgan fingerprint density at radius 2 is 2.00 bits per heavy atom. The molecule has 0 aliphatic rings. The second-order valence-electron chi connectivity index (χ2n) is 2.50. The second-order valence-corrected chi connectivity index (χ2v) is 2.50. The summed E-state index contributed by atoms with van der Waals surface area (Å²) in [6.45, 7) is 0. The zero-order valence-electron chi connectivity index (χ0n) is 8.06. The summed E-state index contributed by atoms with van der Waals surface area (Å²) in [5.41, 5.74) is 0.494. The molecule has 14 heavy (non-hydrogen) atoms. The Labute approximate surface area is 82.2 Å². The molecule has 74 valence electrons. The van der Waals surface area contributed by atoms with Crippen molar-refractivity contribution in [2.45, 2.75) is 0 Å². The van der Waals surface area contributed by atoms with Crippen molar-refractivity contribution in [2.75, 3.05) is 14.2 Å². The summed E-state index contributed by atoms with van der Waals surface area (Å²) in [5.74, 6) is 0.268. The quantitative estimate of drug-likeness (QED) is 0.415. The van der Waals surface area contributed by atoms with Gasteiger partial charge in [0, 0.05) is 7.05 Å². The lowest BCUT2D eigenvalue weighted by molar-refractivity contribution is 0.0601. The molecule has 0 saturated carbocycles. The van der Waals surface area contributed by atoms with E-state index in [0.29, 0.717) is 11.3 Å². The molecule has 4 heteroatoms. The van der Waals surface area contributed by atoms with Gasteiger partial charge in [-0.2, -0.15) is 0 Å². The fourth-order valence-corrected chi connectivity index (χ4v) is 0.901. The van der Waals surface area contributed by atoms with Gasteiger partial charge in [0.05, 0.1) is 12.7 Å². The summed E-state index contributed by atoms with van der Waals surface area (Å²) in [7, 11) is 2.96. The van der Waals surface area contributed by atoms with Crippen LogP contribution in [0.5, 0.6) is 5.75 Å². The molecule has 0 heterocycles. The van der Waals surface area contributed by atoms with E-state index in [1.54, 1.807) is 31.3 Å². The monoisotopic (exact) mass is 193 g/mol. The lowest BCUT2D eigenvalue weighted by Gasteiger charge is -2.00. The Balaban J connectivity index is 2.73. The van der Waals surface area contributed by atoms with Gasteiger partial charge in [-0.3, -0.25) is 4.99 Å². The average Bonchev–Trinajstić information content (AvgIpc) is 2.26. The maximum atomic E-state index is 11.0. The highest BCUT2D eigenvalue weighted by molar-refractivity contribution is 5.89. The Morgan fingerprint density at radius 1 is 1.36 bits per heavy atom. The summed E-state index contributed by atoms with van der Waals surface area (Å²) in [6, 6.07) is 6.61. The van der Waals surface area contributed by atoms with Crippen LogP contribution in [-0.4, -0.2) is 26.5 Å². The SMILES string of the molecule is CN=COc1ccc(C(=O)OC)cc1. The molecular weight excluding hydrogens is 182 g/mol. The standard InChI is InChI=1S/C10H11NO3/c1-11-7-14-9-5-3-8(4-6-9)10(12)13-2/h3-7H,1-2H3. The molecule has 0 aliphatic carbocycles. The van der Waals surface area contributed by atoms with E-state index in [9.17, 15) is 4.79 Å². The minimum absolute atomic E-state index is 0.360. The first-order valence-corrected chi connectivity index (χ1v) is 4.03. The molecule has 0 atom stereocenters. The number of carbonyl (C=O) groups excluding carboxylic acids is 1. The zero-order chi connectivity index (χ0) is 10.4. The topological polar surface area (TPSA) is 47.9 Å². The molecule has 0 unspecified atom stereocenters. The lowest BCUT2D eigenvalue weighted by atomic mass is 10.2. The van der Waals surface area contributed by atoms with E-state index in [-0.39, 0.29) is 5.97 Å². The van der Waals surface area contributed by atoms with Crippen LogP contribution in [0.3, 0.4) is 0 Å². The van der Waals surface area contributed by atoms with Gasteiger partial charge in [0.2, 0.25) is 0 Å². The predicted octanol–water partition coefficient (Wildman–Crippen LogP) is 1.51. The van der Waals surface area contributed by atoms with E-state index in [0.717, 1.165) is 0 Å². The summed E-state index contributed by atoms with van der Waals surface area (Å²) in [5, 5.41) is 0. The Kier molecular flexibility index (Phi) is 3.67. The van der Waals surface area contributed by atoms with Crippen molar-refractivity contribution in [1.82, 2.24) is 0 Å². The first-order valence-electron chi connectivity index (χ1n) is 4.03. The number of carbonyl (C=O) groups is 1. The van der Waals surface area contributed by atoms with Crippen molar-refractivity contribution >= 4 is 12.4 Å². The zero-order valence-corrected chi connectivity index (χ0v) is 8.06. The molecule has 0 aromatic heterocycles.